The highest BCUT2D eigenvalue weighted by atomic mass is 19.1. The Bertz CT molecular complexity index is 833. The van der Waals surface area contributed by atoms with Gasteiger partial charge in [-0.2, -0.15) is 0 Å². The number of furan rings is 1. The first-order valence-electron chi connectivity index (χ1n) is 7.68. The van der Waals surface area contributed by atoms with Crippen molar-refractivity contribution in [2.45, 2.75) is 18.8 Å². The number of nitrogens with one attached hydrogen (secondary N) is 1. The molecule has 1 amide bonds. The number of H-pyrrole nitrogens is 1. The molecule has 1 aliphatic heterocycles. The Hall–Kier alpha value is -2.63. The lowest BCUT2D eigenvalue weighted by Crippen LogP contribution is -2.37. The van der Waals surface area contributed by atoms with Crippen molar-refractivity contribution in [1.82, 2.24) is 14.9 Å². The van der Waals surface area contributed by atoms with Crippen LogP contribution >= 0.6 is 0 Å². The highest BCUT2D eigenvalue weighted by Crippen LogP contribution is 2.28. The van der Waals surface area contributed by atoms with Crippen LogP contribution in [-0.2, 0) is 0 Å². The maximum atomic E-state index is 13.3. The molecule has 6 heteroatoms. The Morgan fingerprint density at radius 2 is 2.13 bits per heavy atom. The minimum atomic E-state index is -0.272. The van der Waals surface area contributed by atoms with Gasteiger partial charge < -0.3 is 14.3 Å². The van der Waals surface area contributed by atoms with E-state index in [-0.39, 0.29) is 17.6 Å². The number of likely N-dealkylation sites (tertiary alicyclic amines) is 1. The van der Waals surface area contributed by atoms with E-state index in [9.17, 15) is 9.18 Å². The highest BCUT2D eigenvalue weighted by molar-refractivity contribution is 5.91. The van der Waals surface area contributed by atoms with Crippen LogP contribution in [-0.4, -0.2) is 33.9 Å². The zero-order valence-electron chi connectivity index (χ0n) is 12.5. The number of carbonyl (C=O) groups is 1. The molecule has 5 nitrogen and oxygen atoms in total. The van der Waals surface area contributed by atoms with E-state index in [4.69, 9.17) is 4.42 Å². The van der Waals surface area contributed by atoms with E-state index < -0.39 is 0 Å². The van der Waals surface area contributed by atoms with Crippen molar-refractivity contribution in [3.05, 3.63) is 54.0 Å². The summed E-state index contributed by atoms with van der Waals surface area (Å²) in [6, 6.07) is 7.95. The van der Waals surface area contributed by atoms with Gasteiger partial charge in [0.25, 0.3) is 5.91 Å². The van der Waals surface area contributed by atoms with Crippen molar-refractivity contribution in [1.29, 1.82) is 0 Å². The molecule has 0 bridgehead atoms. The third kappa shape index (κ3) is 2.60. The molecule has 1 fully saturated rings. The average Bonchev–Trinajstić information content (AvgIpc) is 3.23. The van der Waals surface area contributed by atoms with Crippen LogP contribution in [0.5, 0.6) is 0 Å². The zero-order valence-corrected chi connectivity index (χ0v) is 12.5. The van der Waals surface area contributed by atoms with Gasteiger partial charge in [-0.15, -0.1) is 0 Å². The Kier molecular flexibility index (Phi) is 3.37. The average molecular weight is 313 g/mol. The normalized spacial score (nSPS) is 16.1. The lowest BCUT2D eigenvalue weighted by Gasteiger charge is -2.30. The topological polar surface area (TPSA) is 62.1 Å². The zero-order chi connectivity index (χ0) is 15.8. The van der Waals surface area contributed by atoms with E-state index in [0.717, 1.165) is 24.2 Å². The van der Waals surface area contributed by atoms with E-state index in [1.165, 1.54) is 18.4 Å². The first-order chi connectivity index (χ1) is 11.2. The lowest BCUT2D eigenvalue weighted by atomic mass is 9.96. The fraction of sp³-hybridized carbons (Fsp3) is 0.294. The molecule has 3 aromatic rings. The highest BCUT2D eigenvalue weighted by Gasteiger charge is 2.27. The molecular weight excluding hydrogens is 297 g/mol. The van der Waals surface area contributed by atoms with Crippen molar-refractivity contribution in [3.63, 3.8) is 0 Å². The first kappa shape index (κ1) is 14.0. The summed E-state index contributed by atoms with van der Waals surface area (Å²) >= 11 is 0. The largest absolute Gasteiger partial charge is 0.459 e. The molecule has 1 aromatic carbocycles. The lowest BCUT2D eigenvalue weighted by molar-refractivity contribution is 0.0679. The van der Waals surface area contributed by atoms with Gasteiger partial charge in [-0.3, -0.25) is 4.79 Å². The Labute approximate surface area is 132 Å². The van der Waals surface area contributed by atoms with Crippen molar-refractivity contribution in [2.24, 2.45) is 0 Å². The van der Waals surface area contributed by atoms with Gasteiger partial charge in [0.2, 0.25) is 0 Å². The number of piperidine rings is 1. The van der Waals surface area contributed by atoms with Crippen molar-refractivity contribution < 1.29 is 13.6 Å². The number of hydrogen-bond acceptors (Lipinski definition) is 3. The summed E-state index contributed by atoms with van der Waals surface area (Å²) in [6.07, 6.45) is 3.16. The fourth-order valence-electron chi connectivity index (χ4n) is 3.11. The van der Waals surface area contributed by atoms with Gasteiger partial charge in [-0.25, -0.2) is 9.37 Å². The van der Waals surface area contributed by atoms with E-state index in [2.05, 4.69) is 9.97 Å². The number of carbonyl (C=O) groups excluding carboxylic acids is 1. The maximum Gasteiger partial charge on any atom is 0.289 e. The van der Waals surface area contributed by atoms with Crippen LogP contribution in [0.4, 0.5) is 4.39 Å². The smallest absolute Gasteiger partial charge is 0.289 e. The number of halogens is 1. The quantitative estimate of drug-likeness (QED) is 0.789. The van der Waals surface area contributed by atoms with Crippen LogP contribution in [0, 0.1) is 5.82 Å². The molecule has 1 N–H and O–H groups in total. The van der Waals surface area contributed by atoms with E-state index in [0.29, 0.717) is 24.4 Å². The SMILES string of the molecule is O=C(c1ccco1)N1CCC(c2nc3ccc(F)cc3[nH]2)CC1. The van der Waals surface area contributed by atoms with Crippen molar-refractivity contribution in [3.8, 4) is 0 Å². The number of hydrogen-bond donors (Lipinski definition) is 1. The van der Waals surface area contributed by atoms with Gasteiger partial charge in [0.15, 0.2) is 5.76 Å². The summed E-state index contributed by atoms with van der Waals surface area (Å²) in [6.45, 7) is 1.32. The van der Waals surface area contributed by atoms with Gasteiger partial charge in [0, 0.05) is 19.0 Å². The monoisotopic (exact) mass is 313 g/mol. The molecule has 2 aromatic heterocycles. The Balaban J connectivity index is 1.47. The molecule has 23 heavy (non-hydrogen) atoms. The minimum Gasteiger partial charge on any atom is -0.459 e. The number of amides is 1. The van der Waals surface area contributed by atoms with Crippen LogP contribution in [0.15, 0.2) is 41.0 Å². The second-order valence-corrected chi connectivity index (χ2v) is 5.83. The predicted molar refractivity (Wildman–Crippen MR) is 82.6 cm³/mol. The summed E-state index contributed by atoms with van der Waals surface area (Å²) in [4.78, 5) is 21.8. The van der Waals surface area contributed by atoms with Crippen LogP contribution in [0.3, 0.4) is 0 Å². The van der Waals surface area contributed by atoms with Gasteiger partial charge in [0.05, 0.1) is 17.3 Å². The Morgan fingerprint density at radius 1 is 1.30 bits per heavy atom. The molecule has 0 spiro atoms. The maximum absolute atomic E-state index is 13.3. The molecule has 0 aliphatic carbocycles. The van der Waals surface area contributed by atoms with Crippen LogP contribution < -0.4 is 0 Å². The first-order valence-corrected chi connectivity index (χ1v) is 7.68. The number of rotatable bonds is 2. The number of imidazole rings is 1. The summed E-state index contributed by atoms with van der Waals surface area (Å²) in [5.74, 6) is 1.16. The molecular formula is C17H16FN3O2. The van der Waals surface area contributed by atoms with E-state index >= 15 is 0 Å². The van der Waals surface area contributed by atoms with Gasteiger partial charge >= 0.3 is 0 Å². The second kappa shape index (κ2) is 5.53. The summed E-state index contributed by atoms with van der Waals surface area (Å²) in [7, 11) is 0. The number of nitrogens with zero attached hydrogens (tertiary/aromatic N) is 2. The van der Waals surface area contributed by atoms with Crippen molar-refractivity contribution in [2.75, 3.05) is 13.1 Å². The standard InChI is InChI=1S/C17H16FN3O2/c18-12-3-4-13-14(10-12)20-16(19-13)11-5-7-21(8-6-11)17(22)15-2-1-9-23-15/h1-4,9-11H,5-8H2,(H,19,20). The fourth-order valence-corrected chi connectivity index (χ4v) is 3.11. The molecule has 3 heterocycles. The number of fused-ring (bicyclic) bond motifs is 1. The predicted octanol–water partition coefficient (Wildman–Crippen LogP) is 3.31. The van der Waals surface area contributed by atoms with Gasteiger partial charge in [-0.05, 0) is 43.2 Å². The van der Waals surface area contributed by atoms with Crippen molar-refractivity contribution >= 4 is 16.9 Å². The second-order valence-electron chi connectivity index (χ2n) is 5.83. The summed E-state index contributed by atoms with van der Waals surface area (Å²) in [5.41, 5.74) is 1.49. The third-order valence-electron chi connectivity index (χ3n) is 4.36. The number of aromatic nitrogens is 2. The summed E-state index contributed by atoms with van der Waals surface area (Å²) in [5, 5.41) is 0. The number of aromatic amines is 1. The molecule has 1 saturated heterocycles. The molecule has 118 valence electrons. The molecule has 0 radical (unpaired) electrons. The third-order valence-corrected chi connectivity index (χ3v) is 4.36. The van der Waals surface area contributed by atoms with Crippen LogP contribution in [0.2, 0.25) is 0 Å². The van der Waals surface area contributed by atoms with Gasteiger partial charge in [0.1, 0.15) is 11.6 Å². The molecule has 4 rings (SSSR count). The van der Waals surface area contributed by atoms with E-state index in [1.54, 1.807) is 23.1 Å². The molecule has 1 aliphatic rings. The van der Waals surface area contributed by atoms with Crippen LogP contribution in [0.1, 0.15) is 35.1 Å². The Morgan fingerprint density at radius 3 is 2.87 bits per heavy atom. The summed E-state index contributed by atoms with van der Waals surface area (Å²) < 4.78 is 18.4. The molecule has 0 unspecified atom stereocenters. The van der Waals surface area contributed by atoms with E-state index in [1.807, 2.05) is 0 Å². The molecule has 0 atom stereocenters. The number of benzene rings is 1. The minimum absolute atomic E-state index is 0.0693. The van der Waals surface area contributed by atoms with Crippen LogP contribution in [0.25, 0.3) is 11.0 Å². The van der Waals surface area contributed by atoms with Gasteiger partial charge in [-0.1, -0.05) is 0 Å². The molecule has 0 saturated carbocycles.